The number of hydrogen-bond acceptors (Lipinski definition) is 0. The highest BCUT2D eigenvalue weighted by molar-refractivity contribution is 6.44. The summed E-state index contributed by atoms with van der Waals surface area (Å²) in [5.74, 6) is 0. The zero-order valence-electron chi connectivity index (χ0n) is 6.86. The van der Waals surface area contributed by atoms with E-state index in [4.69, 9.17) is 23.2 Å². The zero-order chi connectivity index (χ0) is 8.53. The maximum Gasteiger partial charge on any atom is 0.107 e. The molecule has 11 heavy (non-hydrogen) atoms. The predicted molar refractivity (Wildman–Crippen MR) is 53.4 cm³/mol. The van der Waals surface area contributed by atoms with Gasteiger partial charge in [-0.2, -0.15) is 0 Å². The average molecular weight is 195 g/mol. The number of rotatable bonds is 7. The molecule has 0 aliphatic carbocycles. The maximum absolute atomic E-state index is 5.57. The fourth-order valence-corrected chi connectivity index (χ4v) is 1.25. The molecule has 0 saturated heterocycles. The summed E-state index contributed by atoms with van der Waals surface area (Å²) < 4.78 is 0. The molecule has 0 unspecified atom stereocenters. The van der Waals surface area contributed by atoms with Gasteiger partial charge in [-0.3, -0.25) is 0 Å². The molecule has 0 bridgehead atoms. The summed E-state index contributed by atoms with van der Waals surface area (Å²) in [6, 6.07) is 0. The Morgan fingerprint density at radius 3 is 2.27 bits per heavy atom. The smallest absolute Gasteiger partial charge is 0.105 e. The van der Waals surface area contributed by atoms with Crippen LogP contribution in [0, 0.1) is 0 Å². The molecular weight excluding hydrogens is 179 g/mol. The van der Waals surface area contributed by atoms with Crippen LogP contribution in [0.25, 0.3) is 0 Å². The summed E-state index contributed by atoms with van der Waals surface area (Å²) in [4.78, 5) is -0.172. The third-order valence-electron chi connectivity index (χ3n) is 1.58. The Balaban J connectivity index is 2.85. The van der Waals surface area contributed by atoms with E-state index in [0.717, 1.165) is 19.3 Å². The van der Waals surface area contributed by atoms with E-state index < -0.39 is 0 Å². The number of unbranched alkanes of at least 4 members (excludes halogenated alkanes) is 4. The minimum atomic E-state index is -0.172. The molecule has 0 fully saturated rings. The third kappa shape index (κ3) is 10.3. The predicted octanol–water partition coefficient (Wildman–Crippen LogP) is 4.32. The highest BCUT2D eigenvalue weighted by Crippen LogP contribution is 2.13. The summed E-state index contributed by atoms with van der Waals surface area (Å²) in [5, 5.41) is 0. The Hall–Kier alpha value is 0.320. The molecule has 0 aromatic rings. The van der Waals surface area contributed by atoms with Crippen molar-refractivity contribution in [2.24, 2.45) is 0 Å². The maximum atomic E-state index is 5.57. The minimum Gasteiger partial charge on any atom is -0.105 e. The molecule has 0 heterocycles. The van der Waals surface area contributed by atoms with E-state index >= 15 is 0 Å². The monoisotopic (exact) mass is 194 g/mol. The van der Waals surface area contributed by atoms with Gasteiger partial charge in [0.25, 0.3) is 0 Å². The SMILES string of the molecule is C=CCCCCCCC(Cl)Cl. The highest BCUT2D eigenvalue weighted by atomic mass is 35.5. The lowest BCUT2D eigenvalue weighted by atomic mass is 10.1. The normalized spacial score (nSPS) is 10.5. The van der Waals surface area contributed by atoms with Gasteiger partial charge in [-0.25, -0.2) is 0 Å². The first kappa shape index (κ1) is 11.3. The molecule has 0 rings (SSSR count). The molecule has 0 radical (unpaired) electrons. The molecule has 0 aromatic carbocycles. The Morgan fingerprint density at radius 2 is 1.73 bits per heavy atom. The summed E-state index contributed by atoms with van der Waals surface area (Å²) in [5.41, 5.74) is 0. The third-order valence-corrected chi connectivity index (χ3v) is 2.02. The standard InChI is InChI=1S/C9H16Cl2/c1-2-3-4-5-6-7-8-9(10)11/h2,9H,1,3-8H2. The fraction of sp³-hybridized carbons (Fsp3) is 0.778. The van der Waals surface area contributed by atoms with Crippen molar-refractivity contribution in [3.63, 3.8) is 0 Å². The minimum absolute atomic E-state index is 0.172. The van der Waals surface area contributed by atoms with Gasteiger partial charge in [0.1, 0.15) is 4.84 Å². The van der Waals surface area contributed by atoms with Crippen molar-refractivity contribution in [1.82, 2.24) is 0 Å². The molecule has 0 amide bonds. The second-order valence-corrected chi connectivity index (χ2v) is 3.95. The van der Waals surface area contributed by atoms with Crippen molar-refractivity contribution < 1.29 is 0 Å². The van der Waals surface area contributed by atoms with Gasteiger partial charge in [-0.15, -0.1) is 29.8 Å². The van der Waals surface area contributed by atoms with Gasteiger partial charge in [-0.05, 0) is 19.3 Å². The van der Waals surface area contributed by atoms with Crippen molar-refractivity contribution in [2.75, 3.05) is 0 Å². The van der Waals surface area contributed by atoms with E-state index in [1.807, 2.05) is 6.08 Å². The molecule has 2 heteroatoms. The van der Waals surface area contributed by atoms with Gasteiger partial charge >= 0.3 is 0 Å². The van der Waals surface area contributed by atoms with Crippen LogP contribution in [0.4, 0.5) is 0 Å². The van der Waals surface area contributed by atoms with Crippen LogP contribution < -0.4 is 0 Å². The quantitative estimate of drug-likeness (QED) is 0.322. The lowest BCUT2D eigenvalue weighted by Crippen LogP contribution is -1.86. The fourth-order valence-electron chi connectivity index (χ4n) is 0.941. The molecule has 0 spiro atoms. The van der Waals surface area contributed by atoms with Crippen molar-refractivity contribution in [3.8, 4) is 0 Å². The molecular formula is C9H16Cl2. The van der Waals surface area contributed by atoms with Crippen LogP contribution in [-0.4, -0.2) is 4.84 Å². The molecule has 66 valence electrons. The molecule has 0 aliphatic rings. The van der Waals surface area contributed by atoms with Gasteiger partial charge in [0.2, 0.25) is 0 Å². The Morgan fingerprint density at radius 1 is 1.09 bits per heavy atom. The van der Waals surface area contributed by atoms with Crippen LogP contribution in [0.2, 0.25) is 0 Å². The van der Waals surface area contributed by atoms with Gasteiger partial charge in [0, 0.05) is 0 Å². The first-order chi connectivity index (χ1) is 5.27. The second kappa shape index (κ2) is 8.42. The summed E-state index contributed by atoms with van der Waals surface area (Å²) in [7, 11) is 0. The van der Waals surface area contributed by atoms with Crippen LogP contribution in [0.5, 0.6) is 0 Å². The van der Waals surface area contributed by atoms with E-state index in [1.54, 1.807) is 0 Å². The molecule has 0 aromatic heterocycles. The molecule has 0 saturated carbocycles. The van der Waals surface area contributed by atoms with Crippen molar-refractivity contribution in [1.29, 1.82) is 0 Å². The van der Waals surface area contributed by atoms with Crippen LogP contribution in [-0.2, 0) is 0 Å². The van der Waals surface area contributed by atoms with Crippen molar-refractivity contribution >= 4 is 23.2 Å². The number of hydrogen-bond donors (Lipinski definition) is 0. The van der Waals surface area contributed by atoms with E-state index in [0.29, 0.717) is 0 Å². The van der Waals surface area contributed by atoms with Crippen molar-refractivity contribution in [3.05, 3.63) is 12.7 Å². The largest absolute Gasteiger partial charge is 0.107 e. The van der Waals surface area contributed by atoms with Crippen molar-refractivity contribution in [2.45, 2.75) is 43.4 Å². The van der Waals surface area contributed by atoms with Crippen LogP contribution in [0.15, 0.2) is 12.7 Å². The Labute approximate surface area is 79.6 Å². The van der Waals surface area contributed by atoms with E-state index in [9.17, 15) is 0 Å². The van der Waals surface area contributed by atoms with E-state index in [1.165, 1.54) is 19.3 Å². The first-order valence-electron chi connectivity index (χ1n) is 4.16. The first-order valence-corrected chi connectivity index (χ1v) is 5.03. The van der Waals surface area contributed by atoms with E-state index in [-0.39, 0.29) is 4.84 Å². The Kier molecular flexibility index (Phi) is 8.66. The molecule has 0 nitrogen and oxygen atoms in total. The summed E-state index contributed by atoms with van der Waals surface area (Å²) in [6.45, 7) is 3.66. The number of allylic oxidation sites excluding steroid dienone is 1. The second-order valence-electron chi connectivity index (χ2n) is 2.67. The molecule has 0 aliphatic heterocycles. The van der Waals surface area contributed by atoms with Crippen LogP contribution >= 0.6 is 23.2 Å². The lowest BCUT2D eigenvalue weighted by molar-refractivity contribution is 0.632. The summed E-state index contributed by atoms with van der Waals surface area (Å²) in [6.07, 6.45) is 8.93. The molecule has 0 N–H and O–H groups in total. The topological polar surface area (TPSA) is 0 Å². The Bertz CT molecular complexity index is 89.6. The van der Waals surface area contributed by atoms with Crippen LogP contribution in [0.3, 0.4) is 0 Å². The van der Waals surface area contributed by atoms with Gasteiger partial charge < -0.3 is 0 Å². The zero-order valence-corrected chi connectivity index (χ0v) is 8.37. The van der Waals surface area contributed by atoms with Crippen LogP contribution in [0.1, 0.15) is 38.5 Å². The molecule has 0 atom stereocenters. The van der Waals surface area contributed by atoms with Gasteiger partial charge in [-0.1, -0.05) is 25.3 Å². The number of alkyl halides is 2. The van der Waals surface area contributed by atoms with Gasteiger partial charge in [0.15, 0.2) is 0 Å². The highest BCUT2D eigenvalue weighted by Gasteiger charge is 1.96. The lowest BCUT2D eigenvalue weighted by Gasteiger charge is -1.99. The summed E-state index contributed by atoms with van der Waals surface area (Å²) >= 11 is 11.1. The van der Waals surface area contributed by atoms with E-state index in [2.05, 4.69) is 6.58 Å². The van der Waals surface area contributed by atoms with Gasteiger partial charge in [0.05, 0.1) is 0 Å². The number of halogens is 2. The average Bonchev–Trinajstić information content (AvgIpc) is 1.96.